The predicted molar refractivity (Wildman–Crippen MR) is 219 cm³/mol. The predicted octanol–water partition coefficient (Wildman–Crippen LogP) is 9.99. The molecule has 0 fully saturated rings. The number of aromatic nitrogens is 3. The molecule has 0 aliphatic heterocycles. The lowest BCUT2D eigenvalue weighted by atomic mass is 10.0. The molecule has 4 nitrogen and oxygen atoms in total. The first-order chi connectivity index (χ1) is 24.3. The summed E-state index contributed by atoms with van der Waals surface area (Å²) in [4.78, 5) is 15.0. The lowest BCUT2D eigenvalue weighted by molar-refractivity contribution is 0.588. The smallest absolute Gasteiger partial charge is 0.164 e. The number of benzene rings is 6. The Bertz CT molecular complexity index is 2170. The molecule has 1 heterocycles. The van der Waals surface area contributed by atoms with E-state index in [4.69, 9.17) is 15.0 Å². The molecule has 50 heavy (non-hydrogen) atoms. The molecule has 2 unspecified atom stereocenters. The second-order valence-electron chi connectivity index (χ2n) is 12.6. The van der Waals surface area contributed by atoms with E-state index in [1.165, 1.54) is 21.7 Å². The molecule has 2 atom stereocenters. The van der Waals surface area contributed by atoms with Crippen LogP contribution < -0.4 is 15.9 Å². The van der Waals surface area contributed by atoms with Crippen molar-refractivity contribution in [2.75, 3.05) is 26.7 Å². The maximum absolute atomic E-state index is 12.5. The fourth-order valence-electron chi connectivity index (χ4n) is 5.87. The van der Waals surface area contributed by atoms with Crippen LogP contribution in [0.3, 0.4) is 0 Å². The molecule has 6 aromatic carbocycles. The molecule has 1 aromatic heterocycles. The SMILES string of the molecule is CPc1ccc(-c2ccc(-c3nc(-c4ccc(-c5ccc(PC)cc5)cc4)nc(-c4ccc(-c5ccc(P(C)(C)=O)cc5)cc4)n3)cc2)cc1. The Hall–Kier alpha value is -4.58. The highest BCUT2D eigenvalue weighted by molar-refractivity contribution is 7.70. The third-order valence-electron chi connectivity index (χ3n) is 8.90. The summed E-state index contributed by atoms with van der Waals surface area (Å²) in [6, 6.07) is 50.8. The van der Waals surface area contributed by atoms with E-state index >= 15 is 0 Å². The van der Waals surface area contributed by atoms with Gasteiger partial charge in [-0.25, -0.2) is 15.0 Å². The fourth-order valence-corrected chi connectivity index (χ4v) is 7.74. The van der Waals surface area contributed by atoms with Gasteiger partial charge in [-0.3, -0.25) is 0 Å². The molecule has 0 radical (unpaired) electrons. The molecule has 0 bridgehead atoms. The third kappa shape index (κ3) is 7.60. The summed E-state index contributed by atoms with van der Waals surface area (Å²) < 4.78 is 12.5. The molecule has 0 aliphatic carbocycles. The first-order valence-electron chi connectivity index (χ1n) is 16.6. The van der Waals surface area contributed by atoms with Crippen LogP contribution in [0.1, 0.15) is 0 Å². The van der Waals surface area contributed by atoms with E-state index in [2.05, 4.69) is 135 Å². The fraction of sp³-hybridized carbons (Fsp3) is 0.0930. The molecular weight excluding hydrogens is 667 g/mol. The van der Waals surface area contributed by atoms with Gasteiger partial charge in [0.1, 0.15) is 7.14 Å². The van der Waals surface area contributed by atoms with Crippen LogP contribution >= 0.6 is 24.3 Å². The first-order valence-corrected chi connectivity index (χ1v) is 22.2. The summed E-state index contributed by atoms with van der Waals surface area (Å²) in [7, 11) is -0.734. The van der Waals surface area contributed by atoms with E-state index in [9.17, 15) is 4.57 Å². The van der Waals surface area contributed by atoms with Gasteiger partial charge in [0, 0.05) is 22.0 Å². The molecule has 7 aromatic rings. The number of rotatable bonds is 9. The Balaban J connectivity index is 1.24. The maximum Gasteiger partial charge on any atom is 0.164 e. The summed E-state index contributed by atoms with van der Waals surface area (Å²) in [5.74, 6) is 1.87. The molecule has 246 valence electrons. The number of hydrogen-bond acceptors (Lipinski definition) is 4. The van der Waals surface area contributed by atoms with Gasteiger partial charge in [0.15, 0.2) is 17.5 Å². The van der Waals surface area contributed by atoms with Gasteiger partial charge in [0.05, 0.1) is 0 Å². The average Bonchev–Trinajstić information content (AvgIpc) is 3.18. The Morgan fingerprint density at radius 3 is 0.820 bits per heavy atom. The van der Waals surface area contributed by atoms with E-state index in [1.807, 2.05) is 24.3 Å². The summed E-state index contributed by atoms with van der Waals surface area (Å²) in [6.45, 7) is 8.00. The minimum atomic E-state index is -2.30. The van der Waals surface area contributed by atoms with Gasteiger partial charge in [0.25, 0.3) is 0 Å². The van der Waals surface area contributed by atoms with Crippen LogP contribution in [0.15, 0.2) is 146 Å². The number of nitrogens with zero attached hydrogens (tertiary/aromatic N) is 3. The van der Waals surface area contributed by atoms with Crippen molar-refractivity contribution in [2.24, 2.45) is 0 Å². The normalized spacial score (nSPS) is 11.9. The van der Waals surface area contributed by atoms with Crippen LogP contribution in [0.5, 0.6) is 0 Å². The molecule has 7 heteroatoms. The highest BCUT2D eigenvalue weighted by Crippen LogP contribution is 2.35. The Morgan fingerprint density at radius 1 is 0.360 bits per heavy atom. The van der Waals surface area contributed by atoms with Crippen molar-refractivity contribution in [1.82, 2.24) is 15.0 Å². The van der Waals surface area contributed by atoms with Gasteiger partial charge in [-0.2, -0.15) is 0 Å². The second kappa shape index (κ2) is 14.7. The highest BCUT2D eigenvalue weighted by atomic mass is 31.2. The van der Waals surface area contributed by atoms with Gasteiger partial charge in [-0.1, -0.05) is 163 Å². The van der Waals surface area contributed by atoms with Gasteiger partial charge < -0.3 is 4.57 Å². The van der Waals surface area contributed by atoms with Crippen molar-refractivity contribution in [1.29, 1.82) is 0 Å². The minimum absolute atomic E-state index is 0.616. The Kier molecular flexibility index (Phi) is 9.98. The molecule has 0 saturated carbocycles. The topological polar surface area (TPSA) is 55.7 Å². The van der Waals surface area contributed by atoms with E-state index in [-0.39, 0.29) is 0 Å². The summed E-state index contributed by atoms with van der Waals surface area (Å²) >= 11 is 0. The molecule has 0 N–H and O–H groups in total. The summed E-state index contributed by atoms with van der Waals surface area (Å²) in [5.41, 5.74) is 9.59. The minimum Gasteiger partial charge on any atom is -0.319 e. The van der Waals surface area contributed by atoms with Gasteiger partial charge in [-0.05, 0) is 70.6 Å². The zero-order valence-electron chi connectivity index (χ0n) is 28.6. The Labute approximate surface area is 298 Å². The molecule has 0 saturated heterocycles. The summed E-state index contributed by atoms with van der Waals surface area (Å²) in [5, 5.41) is 3.59. The zero-order chi connectivity index (χ0) is 34.7. The van der Waals surface area contributed by atoms with Gasteiger partial charge in [-0.15, -0.1) is 0 Å². The van der Waals surface area contributed by atoms with Crippen molar-refractivity contribution in [2.45, 2.75) is 0 Å². The Morgan fingerprint density at radius 2 is 0.580 bits per heavy atom. The van der Waals surface area contributed by atoms with Crippen molar-refractivity contribution >= 4 is 40.2 Å². The zero-order valence-corrected chi connectivity index (χ0v) is 31.4. The molecular formula is C43H38N3OP3. The maximum atomic E-state index is 12.5. The van der Waals surface area contributed by atoms with Crippen molar-refractivity contribution < 1.29 is 4.57 Å². The first kappa shape index (κ1) is 33.9. The van der Waals surface area contributed by atoms with Crippen LogP contribution in [-0.2, 0) is 4.57 Å². The van der Waals surface area contributed by atoms with Gasteiger partial charge >= 0.3 is 0 Å². The second-order valence-corrected chi connectivity index (χ2v) is 18.0. The summed E-state index contributed by atoms with van der Waals surface area (Å²) in [6.07, 6.45) is 0. The van der Waals surface area contributed by atoms with E-state index < -0.39 is 7.14 Å². The van der Waals surface area contributed by atoms with Crippen molar-refractivity contribution in [3.63, 3.8) is 0 Å². The number of hydrogen-bond donors (Lipinski definition) is 0. The third-order valence-corrected chi connectivity index (χ3v) is 12.3. The van der Waals surface area contributed by atoms with Crippen LogP contribution in [0.25, 0.3) is 67.5 Å². The molecule has 0 aliphatic rings. The molecule has 7 rings (SSSR count). The highest BCUT2D eigenvalue weighted by Gasteiger charge is 2.14. The monoisotopic (exact) mass is 705 g/mol. The van der Waals surface area contributed by atoms with E-state index in [0.29, 0.717) is 17.5 Å². The van der Waals surface area contributed by atoms with Crippen LogP contribution in [0.4, 0.5) is 0 Å². The average molecular weight is 706 g/mol. The quantitative estimate of drug-likeness (QED) is 0.140. The van der Waals surface area contributed by atoms with Crippen molar-refractivity contribution in [3.8, 4) is 67.5 Å². The standard InChI is InChI=1S/C43H38N3OP3/c1-48-38-23-17-32(18-24-38)29-5-11-35(12-6-29)41-44-42(36-13-7-30(8-14-36)33-19-25-39(49-2)26-20-33)46-43(45-41)37-15-9-31(10-16-37)34-21-27-40(28-22-34)50(3,4)47/h5-28,48-49H,1-4H3. The van der Waals surface area contributed by atoms with Crippen molar-refractivity contribution in [3.05, 3.63) is 146 Å². The van der Waals surface area contributed by atoms with E-state index in [1.54, 1.807) is 13.3 Å². The van der Waals surface area contributed by atoms with Gasteiger partial charge in [0.2, 0.25) is 0 Å². The van der Waals surface area contributed by atoms with Crippen LogP contribution in [0, 0.1) is 0 Å². The molecule has 0 spiro atoms. The largest absolute Gasteiger partial charge is 0.319 e. The van der Waals surface area contributed by atoms with Crippen LogP contribution in [0.2, 0.25) is 0 Å². The van der Waals surface area contributed by atoms with Crippen LogP contribution in [-0.4, -0.2) is 41.6 Å². The van der Waals surface area contributed by atoms with E-state index in [0.717, 1.165) is 61.4 Å². The lowest BCUT2D eigenvalue weighted by Gasteiger charge is -2.11. The molecule has 0 amide bonds. The lowest BCUT2D eigenvalue weighted by Crippen LogP contribution is -2.01.